The predicted molar refractivity (Wildman–Crippen MR) is 125 cm³/mol. The lowest BCUT2D eigenvalue weighted by Gasteiger charge is -2.34. The van der Waals surface area contributed by atoms with Crippen LogP contribution in [0.25, 0.3) is 5.69 Å². The number of rotatable bonds is 5. The molecule has 0 spiro atoms. The minimum atomic E-state index is 0.0213. The molecule has 1 aliphatic rings. The van der Waals surface area contributed by atoms with E-state index in [1.807, 2.05) is 51.6 Å². The van der Waals surface area contributed by atoms with Gasteiger partial charge in [-0.3, -0.25) is 14.2 Å². The average molecular weight is 450 g/mol. The van der Waals surface area contributed by atoms with Gasteiger partial charge in [0.15, 0.2) is 5.16 Å². The number of aromatic nitrogens is 3. The number of amides is 2. The Hall–Kier alpha value is -3.13. The largest absolute Gasteiger partial charge is 0.338 e. The van der Waals surface area contributed by atoms with Crippen LogP contribution in [-0.2, 0) is 4.79 Å². The highest BCUT2D eigenvalue weighted by Crippen LogP contribution is 2.22. The van der Waals surface area contributed by atoms with Crippen LogP contribution in [0.1, 0.15) is 27.0 Å². The molecule has 7 nitrogen and oxygen atoms in total. The first kappa shape index (κ1) is 22.1. The van der Waals surface area contributed by atoms with Crippen molar-refractivity contribution >= 4 is 23.6 Å². The molecule has 1 saturated heterocycles. The zero-order chi connectivity index (χ0) is 22.7. The maximum Gasteiger partial charge on any atom is 0.253 e. The molecular weight excluding hydrogens is 422 g/mol. The van der Waals surface area contributed by atoms with E-state index in [1.54, 1.807) is 6.33 Å². The summed E-state index contributed by atoms with van der Waals surface area (Å²) < 4.78 is 1.91. The summed E-state index contributed by atoms with van der Waals surface area (Å²) in [5.41, 5.74) is 5.23. The molecule has 1 fully saturated rings. The molecule has 0 radical (unpaired) electrons. The lowest BCUT2D eigenvalue weighted by Crippen LogP contribution is -2.51. The zero-order valence-electron chi connectivity index (χ0n) is 18.6. The van der Waals surface area contributed by atoms with Crippen molar-refractivity contribution in [3.05, 3.63) is 71.0 Å². The molecule has 0 bridgehead atoms. The molecule has 0 atom stereocenters. The fourth-order valence-corrected chi connectivity index (χ4v) is 4.46. The summed E-state index contributed by atoms with van der Waals surface area (Å²) in [7, 11) is 0. The van der Waals surface area contributed by atoms with Crippen molar-refractivity contribution in [1.82, 2.24) is 24.6 Å². The summed E-state index contributed by atoms with van der Waals surface area (Å²) >= 11 is 1.38. The van der Waals surface area contributed by atoms with Crippen LogP contribution in [0.2, 0.25) is 0 Å². The van der Waals surface area contributed by atoms with Crippen LogP contribution >= 0.6 is 11.8 Å². The molecule has 2 aromatic carbocycles. The number of aryl methyl sites for hydroxylation is 3. The number of benzene rings is 2. The lowest BCUT2D eigenvalue weighted by molar-refractivity contribution is -0.129. The molecule has 0 aliphatic carbocycles. The van der Waals surface area contributed by atoms with Crippen molar-refractivity contribution in [2.24, 2.45) is 0 Å². The quantitative estimate of drug-likeness (QED) is 0.559. The number of carbonyl (C=O) groups is 2. The van der Waals surface area contributed by atoms with Crippen LogP contribution < -0.4 is 0 Å². The Morgan fingerprint density at radius 2 is 1.59 bits per heavy atom. The van der Waals surface area contributed by atoms with Crippen LogP contribution in [0.15, 0.2) is 53.9 Å². The zero-order valence-corrected chi connectivity index (χ0v) is 19.4. The van der Waals surface area contributed by atoms with Gasteiger partial charge in [0, 0.05) is 37.4 Å². The van der Waals surface area contributed by atoms with E-state index < -0.39 is 0 Å². The summed E-state index contributed by atoms with van der Waals surface area (Å²) in [6.07, 6.45) is 1.67. The second-order valence-electron chi connectivity index (χ2n) is 8.08. The van der Waals surface area contributed by atoms with Crippen LogP contribution in [0.3, 0.4) is 0 Å². The van der Waals surface area contributed by atoms with E-state index >= 15 is 0 Å². The van der Waals surface area contributed by atoms with Crippen molar-refractivity contribution in [3.63, 3.8) is 0 Å². The third-order valence-corrected chi connectivity index (χ3v) is 6.76. The predicted octanol–water partition coefficient (Wildman–Crippen LogP) is 3.27. The van der Waals surface area contributed by atoms with E-state index in [2.05, 4.69) is 36.2 Å². The van der Waals surface area contributed by atoms with Gasteiger partial charge < -0.3 is 9.80 Å². The molecule has 2 amide bonds. The Labute approximate surface area is 192 Å². The summed E-state index contributed by atoms with van der Waals surface area (Å²) in [6, 6.07) is 13.8. The number of hydrogen-bond donors (Lipinski definition) is 0. The van der Waals surface area contributed by atoms with Gasteiger partial charge in [-0.05, 0) is 56.2 Å². The van der Waals surface area contributed by atoms with Crippen LogP contribution in [-0.4, -0.2) is 68.3 Å². The number of hydrogen-bond acceptors (Lipinski definition) is 5. The van der Waals surface area contributed by atoms with E-state index in [0.29, 0.717) is 36.9 Å². The van der Waals surface area contributed by atoms with Crippen molar-refractivity contribution in [1.29, 1.82) is 0 Å². The van der Waals surface area contributed by atoms with Crippen LogP contribution in [0.4, 0.5) is 0 Å². The van der Waals surface area contributed by atoms with Gasteiger partial charge in [0.1, 0.15) is 6.33 Å². The van der Waals surface area contributed by atoms with Crippen molar-refractivity contribution < 1.29 is 9.59 Å². The Morgan fingerprint density at radius 3 is 2.28 bits per heavy atom. The maximum absolute atomic E-state index is 12.8. The summed E-state index contributed by atoms with van der Waals surface area (Å²) in [6.45, 7) is 8.32. The Balaban J connectivity index is 1.31. The highest BCUT2D eigenvalue weighted by molar-refractivity contribution is 7.99. The van der Waals surface area contributed by atoms with E-state index in [4.69, 9.17) is 0 Å². The van der Waals surface area contributed by atoms with Crippen LogP contribution in [0.5, 0.6) is 0 Å². The topological polar surface area (TPSA) is 71.3 Å². The van der Waals surface area contributed by atoms with E-state index in [0.717, 1.165) is 11.3 Å². The van der Waals surface area contributed by atoms with E-state index in [9.17, 15) is 9.59 Å². The minimum absolute atomic E-state index is 0.0213. The Morgan fingerprint density at radius 1 is 0.906 bits per heavy atom. The van der Waals surface area contributed by atoms with Gasteiger partial charge in [0.2, 0.25) is 5.91 Å². The molecule has 3 aromatic rings. The number of thioether (sulfide) groups is 1. The first-order chi connectivity index (χ1) is 15.4. The first-order valence-electron chi connectivity index (χ1n) is 10.7. The highest BCUT2D eigenvalue weighted by atomic mass is 32.2. The van der Waals surface area contributed by atoms with E-state index in [-0.39, 0.29) is 17.6 Å². The maximum atomic E-state index is 12.8. The highest BCUT2D eigenvalue weighted by Gasteiger charge is 2.25. The van der Waals surface area contributed by atoms with Crippen molar-refractivity contribution in [2.45, 2.75) is 25.9 Å². The molecule has 0 N–H and O–H groups in total. The lowest BCUT2D eigenvalue weighted by atomic mass is 10.1. The first-order valence-corrected chi connectivity index (χ1v) is 11.6. The molecule has 166 valence electrons. The normalized spacial score (nSPS) is 14.0. The molecule has 0 unspecified atom stereocenters. The van der Waals surface area contributed by atoms with Gasteiger partial charge in [-0.1, -0.05) is 35.5 Å². The SMILES string of the molecule is Cc1ccc(C(=O)N2CCN(C(=O)CSc3nncn3-c3ccc(C)c(C)c3)CC2)cc1. The van der Waals surface area contributed by atoms with E-state index in [1.165, 1.54) is 22.9 Å². The third kappa shape index (κ3) is 4.85. The number of piperazine rings is 1. The molecule has 4 rings (SSSR count). The molecule has 8 heteroatoms. The Kier molecular flexibility index (Phi) is 6.60. The standard InChI is InChI=1S/C24H27N5O2S/c1-17-4-7-20(8-5-17)23(31)28-12-10-27(11-13-28)22(30)15-32-24-26-25-16-29(24)21-9-6-18(2)19(3)14-21/h4-9,14,16H,10-13,15H2,1-3H3. The van der Waals surface area contributed by atoms with Crippen LogP contribution in [0, 0.1) is 20.8 Å². The second kappa shape index (κ2) is 9.56. The summed E-state index contributed by atoms with van der Waals surface area (Å²) in [5.74, 6) is 0.357. The summed E-state index contributed by atoms with van der Waals surface area (Å²) in [4.78, 5) is 29.1. The van der Waals surface area contributed by atoms with Gasteiger partial charge in [0.05, 0.1) is 5.75 Å². The summed E-state index contributed by atoms with van der Waals surface area (Å²) in [5, 5.41) is 8.91. The minimum Gasteiger partial charge on any atom is -0.338 e. The molecule has 2 heterocycles. The molecule has 0 saturated carbocycles. The van der Waals surface area contributed by atoms with Crippen molar-refractivity contribution in [3.8, 4) is 5.69 Å². The fraction of sp³-hybridized carbons (Fsp3) is 0.333. The molecule has 32 heavy (non-hydrogen) atoms. The monoisotopic (exact) mass is 449 g/mol. The smallest absolute Gasteiger partial charge is 0.253 e. The Bertz CT molecular complexity index is 1120. The van der Waals surface area contributed by atoms with Gasteiger partial charge in [0.25, 0.3) is 5.91 Å². The fourth-order valence-electron chi connectivity index (χ4n) is 3.63. The molecule has 1 aromatic heterocycles. The molecule has 1 aliphatic heterocycles. The van der Waals surface area contributed by atoms with Gasteiger partial charge >= 0.3 is 0 Å². The van der Waals surface area contributed by atoms with Gasteiger partial charge in [-0.2, -0.15) is 0 Å². The van der Waals surface area contributed by atoms with Gasteiger partial charge in [-0.15, -0.1) is 10.2 Å². The number of nitrogens with zero attached hydrogens (tertiary/aromatic N) is 5. The second-order valence-corrected chi connectivity index (χ2v) is 9.02. The average Bonchev–Trinajstić information content (AvgIpc) is 3.28. The number of carbonyl (C=O) groups excluding carboxylic acids is 2. The third-order valence-electron chi connectivity index (χ3n) is 5.83. The van der Waals surface area contributed by atoms with Crippen molar-refractivity contribution in [2.75, 3.05) is 31.9 Å². The molecular formula is C24H27N5O2S. The van der Waals surface area contributed by atoms with Gasteiger partial charge in [-0.25, -0.2) is 0 Å².